The smallest absolute Gasteiger partial charge is 0.134 e. The Balaban J connectivity index is 0.00000240. The van der Waals surface area contributed by atoms with Crippen molar-refractivity contribution in [2.24, 2.45) is 0 Å². The first kappa shape index (κ1) is 21.4. The summed E-state index contributed by atoms with van der Waals surface area (Å²) in [5.41, 5.74) is 1.23. The van der Waals surface area contributed by atoms with Crippen LogP contribution in [-0.4, -0.2) is 6.66 Å². The second kappa shape index (κ2) is 8.98. The summed E-state index contributed by atoms with van der Waals surface area (Å²) in [4.78, 5) is 0. The summed E-state index contributed by atoms with van der Waals surface area (Å²) < 4.78 is 28.2. The van der Waals surface area contributed by atoms with Gasteiger partial charge in [-0.15, -0.1) is 0 Å². The quantitative estimate of drug-likeness (QED) is 0.404. The molecule has 0 aromatic heterocycles. The summed E-state index contributed by atoms with van der Waals surface area (Å²) in [7, 11) is -2.02. The van der Waals surface area contributed by atoms with Crippen LogP contribution in [0.15, 0.2) is 103 Å². The predicted molar refractivity (Wildman–Crippen MR) is 116 cm³/mol. The van der Waals surface area contributed by atoms with Crippen LogP contribution >= 0.6 is 7.26 Å². The number of hydrogen-bond acceptors (Lipinski definition) is 0. The van der Waals surface area contributed by atoms with Crippen LogP contribution in [0.4, 0.5) is 8.78 Å². The van der Waals surface area contributed by atoms with Crippen LogP contribution in [0.3, 0.4) is 0 Å². The molecule has 0 N–H and O–H groups in total. The molecular formula is C25H20BrF2P. The Kier molecular flexibility index (Phi) is 6.62. The SMILES string of the molecule is C[P+](c1ccccc1)(c1ccccc1)c1ccccc1-c1ccc(F)cc1F.[Br-]. The van der Waals surface area contributed by atoms with Gasteiger partial charge in [0.15, 0.2) is 0 Å². The molecule has 0 aliphatic rings. The summed E-state index contributed by atoms with van der Waals surface area (Å²) in [6.45, 7) is 2.26. The molecule has 0 aliphatic carbocycles. The standard InChI is InChI=1S/C25H20F2P.BrH/c1-28(20-10-4-2-5-11-20,21-12-6-3-7-13-21)25-15-9-8-14-23(25)22-17-16-19(26)18-24(22)27;/h2-18H,1H3;1H/q+1;/p-1. The van der Waals surface area contributed by atoms with E-state index in [2.05, 4.69) is 37.0 Å². The zero-order valence-electron chi connectivity index (χ0n) is 15.9. The van der Waals surface area contributed by atoms with Gasteiger partial charge in [0.05, 0.1) is 6.66 Å². The monoisotopic (exact) mass is 468 g/mol. The molecule has 0 heterocycles. The van der Waals surface area contributed by atoms with Gasteiger partial charge in [-0.3, -0.25) is 0 Å². The summed E-state index contributed by atoms with van der Waals surface area (Å²) in [5, 5.41) is 3.52. The number of rotatable bonds is 4. The van der Waals surface area contributed by atoms with Crippen LogP contribution in [-0.2, 0) is 0 Å². The van der Waals surface area contributed by atoms with Gasteiger partial charge in [0.25, 0.3) is 0 Å². The number of halogens is 3. The number of benzene rings is 4. The lowest BCUT2D eigenvalue weighted by Gasteiger charge is -2.25. The minimum Gasteiger partial charge on any atom is -1.00 e. The molecule has 4 aromatic rings. The first-order chi connectivity index (χ1) is 13.6. The van der Waals surface area contributed by atoms with Crippen LogP contribution < -0.4 is 32.9 Å². The predicted octanol–water partition coefficient (Wildman–Crippen LogP) is 2.56. The summed E-state index contributed by atoms with van der Waals surface area (Å²) >= 11 is 0. The van der Waals surface area contributed by atoms with Crippen molar-refractivity contribution in [1.82, 2.24) is 0 Å². The second-order valence-corrected chi connectivity index (χ2v) is 10.3. The molecule has 0 saturated carbocycles. The lowest BCUT2D eigenvalue weighted by atomic mass is 10.1. The fourth-order valence-corrected chi connectivity index (χ4v) is 7.13. The molecule has 0 bridgehead atoms. The van der Waals surface area contributed by atoms with Crippen molar-refractivity contribution >= 4 is 23.2 Å². The van der Waals surface area contributed by atoms with E-state index in [0.717, 1.165) is 16.9 Å². The van der Waals surface area contributed by atoms with Crippen LogP contribution in [0, 0.1) is 11.6 Å². The van der Waals surface area contributed by atoms with Crippen molar-refractivity contribution in [2.45, 2.75) is 0 Å². The van der Waals surface area contributed by atoms with Crippen molar-refractivity contribution in [3.63, 3.8) is 0 Å². The van der Waals surface area contributed by atoms with E-state index in [1.165, 1.54) is 22.7 Å². The summed E-state index contributed by atoms with van der Waals surface area (Å²) in [5.74, 6) is -1.11. The first-order valence-electron chi connectivity index (χ1n) is 9.13. The van der Waals surface area contributed by atoms with Gasteiger partial charge < -0.3 is 17.0 Å². The van der Waals surface area contributed by atoms with Gasteiger partial charge in [-0.05, 0) is 42.5 Å². The van der Waals surface area contributed by atoms with Crippen LogP contribution in [0.25, 0.3) is 11.1 Å². The molecule has 146 valence electrons. The topological polar surface area (TPSA) is 0 Å². The summed E-state index contributed by atoms with van der Waals surface area (Å²) in [6.07, 6.45) is 0. The maximum Gasteiger partial charge on any atom is 0.134 e. The minimum absolute atomic E-state index is 0. The average molecular weight is 469 g/mol. The fraction of sp³-hybridized carbons (Fsp3) is 0.0400. The number of hydrogen-bond donors (Lipinski definition) is 0. The molecule has 4 rings (SSSR count). The highest BCUT2D eigenvalue weighted by Crippen LogP contribution is 2.53. The third-order valence-electron chi connectivity index (χ3n) is 5.15. The summed E-state index contributed by atoms with van der Waals surface area (Å²) in [6, 6.07) is 32.4. The van der Waals surface area contributed by atoms with Crippen molar-refractivity contribution in [3.05, 3.63) is 115 Å². The average Bonchev–Trinajstić information content (AvgIpc) is 2.74. The van der Waals surface area contributed by atoms with Gasteiger partial charge in [-0.25, -0.2) is 8.78 Å². The molecular weight excluding hydrogens is 449 g/mol. The van der Waals surface area contributed by atoms with Gasteiger partial charge >= 0.3 is 0 Å². The molecule has 0 saturated heterocycles. The van der Waals surface area contributed by atoms with E-state index >= 15 is 0 Å². The van der Waals surface area contributed by atoms with E-state index in [-0.39, 0.29) is 17.0 Å². The van der Waals surface area contributed by atoms with Crippen LogP contribution in [0.1, 0.15) is 0 Å². The van der Waals surface area contributed by atoms with E-state index in [1.807, 2.05) is 54.6 Å². The molecule has 0 unspecified atom stereocenters. The highest BCUT2D eigenvalue weighted by Gasteiger charge is 2.42. The van der Waals surface area contributed by atoms with E-state index in [1.54, 1.807) is 0 Å². The highest BCUT2D eigenvalue weighted by molar-refractivity contribution is 7.95. The Morgan fingerprint density at radius 1 is 0.586 bits per heavy atom. The molecule has 29 heavy (non-hydrogen) atoms. The molecule has 4 heteroatoms. The van der Waals surface area contributed by atoms with E-state index < -0.39 is 18.9 Å². The molecule has 0 amide bonds. The largest absolute Gasteiger partial charge is 1.00 e. The van der Waals surface area contributed by atoms with Crippen molar-refractivity contribution in [1.29, 1.82) is 0 Å². The zero-order chi connectivity index (χ0) is 19.6. The van der Waals surface area contributed by atoms with E-state index in [0.29, 0.717) is 5.56 Å². The van der Waals surface area contributed by atoms with Gasteiger partial charge in [0, 0.05) is 17.2 Å². The van der Waals surface area contributed by atoms with Crippen molar-refractivity contribution < 1.29 is 25.8 Å². The van der Waals surface area contributed by atoms with Crippen molar-refractivity contribution in [2.75, 3.05) is 6.66 Å². The van der Waals surface area contributed by atoms with Gasteiger partial charge in [-0.2, -0.15) is 0 Å². The maximum absolute atomic E-state index is 14.7. The molecule has 0 spiro atoms. The van der Waals surface area contributed by atoms with Crippen LogP contribution in [0.5, 0.6) is 0 Å². The van der Waals surface area contributed by atoms with Gasteiger partial charge in [-0.1, -0.05) is 54.6 Å². The normalized spacial score (nSPS) is 11.0. The molecule has 0 fully saturated rings. The Morgan fingerprint density at radius 3 is 1.66 bits per heavy atom. The third kappa shape index (κ3) is 4.03. The molecule has 4 aromatic carbocycles. The van der Waals surface area contributed by atoms with Crippen molar-refractivity contribution in [3.8, 4) is 11.1 Å². The zero-order valence-corrected chi connectivity index (χ0v) is 18.4. The fourth-order valence-electron chi connectivity index (χ4n) is 3.68. The Hall–Kier alpha value is -2.35. The minimum atomic E-state index is -2.02. The molecule has 0 atom stereocenters. The maximum atomic E-state index is 14.7. The van der Waals surface area contributed by atoms with Gasteiger partial charge in [0.2, 0.25) is 0 Å². The molecule has 0 radical (unpaired) electrons. The highest BCUT2D eigenvalue weighted by atomic mass is 79.9. The second-order valence-electron chi connectivity index (χ2n) is 6.82. The third-order valence-corrected chi connectivity index (χ3v) is 9.17. The first-order valence-corrected chi connectivity index (χ1v) is 11.4. The Labute approximate surface area is 181 Å². The van der Waals surface area contributed by atoms with E-state index in [4.69, 9.17) is 0 Å². The van der Waals surface area contributed by atoms with E-state index in [9.17, 15) is 8.78 Å². The van der Waals surface area contributed by atoms with Crippen LogP contribution in [0.2, 0.25) is 0 Å². The molecule has 0 aliphatic heterocycles. The lowest BCUT2D eigenvalue weighted by Crippen LogP contribution is -3.00. The lowest BCUT2D eigenvalue weighted by molar-refractivity contribution is -0.00000667. The van der Waals surface area contributed by atoms with Gasteiger partial charge in [0.1, 0.15) is 34.8 Å². The Morgan fingerprint density at radius 2 is 1.10 bits per heavy atom. The Bertz CT molecular complexity index is 1060. The molecule has 0 nitrogen and oxygen atoms in total.